The largest absolute Gasteiger partial charge is 0.493 e. The lowest BCUT2D eigenvalue weighted by Crippen LogP contribution is -2.37. The van der Waals surface area contributed by atoms with Crippen molar-refractivity contribution in [1.29, 1.82) is 0 Å². The van der Waals surface area contributed by atoms with Gasteiger partial charge in [-0.2, -0.15) is 0 Å². The maximum Gasteiger partial charge on any atom is 0.246 e. The van der Waals surface area contributed by atoms with Crippen LogP contribution >= 0.6 is 0 Å². The molecule has 2 aromatic carbocycles. The molecule has 0 saturated carbocycles. The summed E-state index contributed by atoms with van der Waals surface area (Å²) >= 11 is 0. The second-order valence-corrected chi connectivity index (χ2v) is 6.91. The van der Waals surface area contributed by atoms with Crippen LogP contribution in [0.5, 0.6) is 11.5 Å². The summed E-state index contributed by atoms with van der Waals surface area (Å²) in [5.74, 6) is 2.07. The molecule has 1 aliphatic heterocycles. The van der Waals surface area contributed by atoms with Crippen molar-refractivity contribution in [1.82, 2.24) is 4.90 Å². The maximum absolute atomic E-state index is 12.5. The van der Waals surface area contributed by atoms with E-state index in [-0.39, 0.29) is 5.91 Å². The molecule has 4 nitrogen and oxygen atoms in total. The number of nitrogens with zero attached hydrogens (tertiary/aromatic N) is 1. The third-order valence-electron chi connectivity index (χ3n) is 5.12. The zero-order valence-electron chi connectivity index (χ0n) is 16.1. The number of hydrogen-bond acceptors (Lipinski definition) is 3. The molecule has 0 aliphatic carbocycles. The Morgan fingerprint density at radius 2 is 1.74 bits per heavy atom. The van der Waals surface area contributed by atoms with Gasteiger partial charge in [-0.3, -0.25) is 4.79 Å². The van der Waals surface area contributed by atoms with Crippen LogP contribution in [0.25, 0.3) is 6.08 Å². The Morgan fingerprint density at radius 3 is 2.41 bits per heavy atom. The Balaban J connectivity index is 1.53. The van der Waals surface area contributed by atoms with Crippen LogP contribution in [0, 0.1) is 5.92 Å². The topological polar surface area (TPSA) is 38.8 Å². The zero-order valence-corrected chi connectivity index (χ0v) is 16.1. The van der Waals surface area contributed by atoms with Gasteiger partial charge in [-0.15, -0.1) is 0 Å². The Kier molecular flexibility index (Phi) is 6.53. The summed E-state index contributed by atoms with van der Waals surface area (Å²) in [7, 11) is 3.22. The minimum atomic E-state index is 0.0722. The predicted octanol–water partition coefficient (Wildman–Crippen LogP) is 4.20. The first-order chi connectivity index (χ1) is 13.2. The van der Waals surface area contributed by atoms with Crippen LogP contribution in [-0.4, -0.2) is 38.1 Å². The van der Waals surface area contributed by atoms with Gasteiger partial charge < -0.3 is 14.4 Å². The fraction of sp³-hybridized carbons (Fsp3) is 0.348. The highest BCUT2D eigenvalue weighted by Gasteiger charge is 2.21. The molecule has 0 spiro atoms. The molecule has 1 heterocycles. The molecule has 1 amide bonds. The van der Waals surface area contributed by atoms with Crippen LogP contribution in [0.4, 0.5) is 0 Å². The number of ether oxygens (including phenoxy) is 2. The second kappa shape index (κ2) is 9.26. The molecule has 1 fully saturated rings. The van der Waals surface area contributed by atoms with Gasteiger partial charge in [0.05, 0.1) is 14.2 Å². The number of methoxy groups -OCH3 is 2. The number of amides is 1. The molecular formula is C23H27NO3. The number of benzene rings is 2. The molecule has 4 heteroatoms. The Labute approximate surface area is 161 Å². The summed E-state index contributed by atoms with van der Waals surface area (Å²) < 4.78 is 10.5. The van der Waals surface area contributed by atoms with Crippen LogP contribution in [0.2, 0.25) is 0 Å². The van der Waals surface area contributed by atoms with E-state index in [2.05, 4.69) is 30.3 Å². The highest BCUT2D eigenvalue weighted by molar-refractivity contribution is 5.91. The van der Waals surface area contributed by atoms with Crippen molar-refractivity contribution in [2.45, 2.75) is 19.3 Å². The fourth-order valence-electron chi connectivity index (χ4n) is 3.53. The van der Waals surface area contributed by atoms with Gasteiger partial charge in [-0.1, -0.05) is 36.4 Å². The van der Waals surface area contributed by atoms with E-state index in [9.17, 15) is 4.79 Å². The van der Waals surface area contributed by atoms with Crippen LogP contribution in [0.3, 0.4) is 0 Å². The number of carbonyl (C=O) groups excluding carboxylic acids is 1. The summed E-state index contributed by atoms with van der Waals surface area (Å²) in [6.07, 6.45) is 6.71. The first kappa shape index (κ1) is 19.0. The average molecular weight is 365 g/mol. The minimum absolute atomic E-state index is 0.0722. The third kappa shape index (κ3) is 5.13. The van der Waals surface area contributed by atoms with Gasteiger partial charge in [0.1, 0.15) is 0 Å². The van der Waals surface area contributed by atoms with E-state index >= 15 is 0 Å². The summed E-state index contributed by atoms with van der Waals surface area (Å²) in [6.45, 7) is 1.65. The van der Waals surface area contributed by atoms with Crippen LogP contribution in [0.1, 0.15) is 24.0 Å². The Hall–Kier alpha value is -2.75. The predicted molar refractivity (Wildman–Crippen MR) is 108 cm³/mol. The lowest BCUT2D eigenvalue weighted by atomic mass is 9.90. The number of hydrogen-bond donors (Lipinski definition) is 0. The summed E-state index contributed by atoms with van der Waals surface area (Å²) in [6, 6.07) is 16.2. The summed E-state index contributed by atoms with van der Waals surface area (Å²) in [4.78, 5) is 14.4. The molecule has 0 atom stereocenters. The molecule has 1 aliphatic rings. The highest BCUT2D eigenvalue weighted by Crippen LogP contribution is 2.28. The van der Waals surface area contributed by atoms with Gasteiger partial charge in [0.15, 0.2) is 11.5 Å². The molecule has 27 heavy (non-hydrogen) atoms. The highest BCUT2D eigenvalue weighted by atomic mass is 16.5. The molecule has 0 unspecified atom stereocenters. The molecule has 142 valence electrons. The average Bonchev–Trinajstić information content (AvgIpc) is 2.73. The normalized spacial score (nSPS) is 15.1. The van der Waals surface area contributed by atoms with Gasteiger partial charge in [0, 0.05) is 19.2 Å². The van der Waals surface area contributed by atoms with Crippen LogP contribution < -0.4 is 9.47 Å². The molecule has 0 radical (unpaired) electrons. The summed E-state index contributed by atoms with van der Waals surface area (Å²) in [5, 5.41) is 0. The number of piperidine rings is 1. The lowest BCUT2D eigenvalue weighted by molar-refractivity contribution is -0.127. The first-order valence-corrected chi connectivity index (χ1v) is 9.42. The van der Waals surface area contributed by atoms with Crippen molar-refractivity contribution in [2.24, 2.45) is 5.92 Å². The quantitative estimate of drug-likeness (QED) is 0.720. The van der Waals surface area contributed by atoms with Gasteiger partial charge >= 0.3 is 0 Å². The molecule has 3 rings (SSSR count). The number of carbonyl (C=O) groups is 1. The Bertz CT molecular complexity index is 777. The van der Waals surface area contributed by atoms with Gasteiger partial charge in [-0.05, 0) is 54.5 Å². The van der Waals surface area contributed by atoms with E-state index in [1.807, 2.05) is 29.2 Å². The molecule has 1 saturated heterocycles. The van der Waals surface area contributed by atoms with Crippen molar-refractivity contribution >= 4 is 12.0 Å². The van der Waals surface area contributed by atoms with E-state index < -0.39 is 0 Å². The standard InChI is InChI=1S/C23H27NO3/c1-26-21-10-8-19(17-22(21)27-2)9-11-23(25)24-14-12-20(13-15-24)16-18-6-4-3-5-7-18/h3-11,17,20H,12-16H2,1-2H3/b11-9+. The molecular weight excluding hydrogens is 338 g/mol. The lowest BCUT2D eigenvalue weighted by Gasteiger charge is -2.31. The van der Waals surface area contributed by atoms with Crippen LogP contribution in [-0.2, 0) is 11.2 Å². The van der Waals surface area contributed by atoms with E-state index in [0.717, 1.165) is 37.9 Å². The summed E-state index contributed by atoms with van der Waals surface area (Å²) in [5.41, 5.74) is 2.30. The third-order valence-corrected chi connectivity index (χ3v) is 5.12. The van der Waals surface area contributed by atoms with Crippen molar-refractivity contribution in [2.75, 3.05) is 27.3 Å². The van der Waals surface area contributed by atoms with E-state index in [4.69, 9.17) is 9.47 Å². The van der Waals surface area contributed by atoms with Gasteiger partial charge in [-0.25, -0.2) is 0 Å². The van der Waals surface area contributed by atoms with Crippen molar-refractivity contribution in [3.8, 4) is 11.5 Å². The Morgan fingerprint density at radius 1 is 1.04 bits per heavy atom. The van der Waals surface area contributed by atoms with E-state index in [1.54, 1.807) is 20.3 Å². The van der Waals surface area contributed by atoms with E-state index in [0.29, 0.717) is 17.4 Å². The van der Waals surface area contributed by atoms with Crippen LogP contribution in [0.15, 0.2) is 54.6 Å². The number of likely N-dealkylation sites (tertiary alicyclic amines) is 1. The SMILES string of the molecule is COc1ccc(/C=C/C(=O)N2CCC(Cc3ccccc3)CC2)cc1OC. The van der Waals surface area contributed by atoms with E-state index in [1.165, 1.54) is 5.56 Å². The van der Waals surface area contributed by atoms with Gasteiger partial charge in [0.25, 0.3) is 0 Å². The van der Waals surface area contributed by atoms with Gasteiger partial charge in [0.2, 0.25) is 5.91 Å². The van der Waals surface area contributed by atoms with Crippen molar-refractivity contribution in [3.63, 3.8) is 0 Å². The molecule has 0 aromatic heterocycles. The van der Waals surface area contributed by atoms with Crippen molar-refractivity contribution in [3.05, 3.63) is 65.7 Å². The molecule has 2 aromatic rings. The molecule has 0 bridgehead atoms. The zero-order chi connectivity index (χ0) is 19.1. The van der Waals surface area contributed by atoms with Crippen molar-refractivity contribution < 1.29 is 14.3 Å². The smallest absolute Gasteiger partial charge is 0.246 e. The maximum atomic E-state index is 12.5. The molecule has 0 N–H and O–H groups in total. The first-order valence-electron chi connectivity index (χ1n) is 9.42. The minimum Gasteiger partial charge on any atom is -0.493 e. The fourth-order valence-corrected chi connectivity index (χ4v) is 3.53. The monoisotopic (exact) mass is 365 g/mol. The number of rotatable bonds is 6. The second-order valence-electron chi connectivity index (χ2n) is 6.91.